The molecule has 0 bridgehead atoms. The van der Waals surface area contributed by atoms with Gasteiger partial charge in [0.1, 0.15) is 6.61 Å². The third kappa shape index (κ3) is 4.95. The summed E-state index contributed by atoms with van der Waals surface area (Å²) in [5.41, 5.74) is 1.32. The fourth-order valence-corrected chi connectivity index (χ4v) is 3.86. The first-order chi connectivity index (χ1) is 12.3. The van der Waals surface area contributed by atoms with Gasteiger partial charge in [-0.1, -0.05) is 25.1 Å². The monoisotopic (exact) mass is 345 g/mol. The quantitative estimate of drug-likeness (QED) is 0.741. The Bertz CT molecular complexity index is 529. The van der Waals surface area contributed by atoms with Crippen LogP contribution in [-0.2, 0) is 9.53 Å². The number of benzene rings is 1. The van der Waals surface area contributed by atoms with Gasteiger partial charge in [-0.3, -0.25) is 9.69 Å². The Hall–Kier alpha value is -1.59. The predicted octanol–water partition coefficient (Wildman–Crippen LogP) is 2.23. The number of nitrogens with zero attached hydrogens (tertiary/aromatic N) is 3. The second-order valence-corrected chi connectivity index (χ2v) is 7.05. The lowest BCUT2D eigenvalue weighted by Crippen LogP contribution is -2.56. The zero-order chi connectivity index (χ0) is 17.5. The number of ether oxygens (including phenoxy) is 1. The zero-order valence-electron chi connectivity index (χ0n) is 15.4. The summed E-state index contributed by atoms with van der Waals surface area (Å²) in [6, 6.07) is 11.2. The van der Waals surface area contributed by atoms with Crippen LogP contribution in [0.5, 0.6) is 0 Å². The molecule has 3 rings (SSSR count). The topological polar surface area (TPSA) is 36.0 Å². The maximum atomic E-state index is 12.3. The van der Waals surface area contributed by atoms with Gasteiger partial charge in [0.25, 0.3) is 0 Å². The molecule has 0 spiro atoms. The van der Waals surface area contributed by atoms with Crippen molar-refractivity contribution in [2.75, 3.05) is 57.4 Å². The molecule has 0 aromatic heterocycles. The Balaban J connectivity index is 1.47. The second kappa shape index (κ2) is 9.20. The fraction of sp³-hybridized carbons (Fsp3) is 0.650. The molecule has 0 saturated carbocycles. The van der Waals surface area contributed by atoms with Gasteiger partial charge in [0.05, 0.1) is 0 Å². The molecule has 2 fully saturated rings. The van der Waals surface area contributed by atoms with Crippen LogP contribution in [0.1, 0.15) is 26.2 Å². The van der Waals surface area contributed by atoms with Gasteiger partial charge in [0.2, 0.25) is 5.91 Å². The van der Waals surface area contributed by atoms with Crippen LogP contribution in [0, 0.1) is 0 Å². The average Bonchev–Trinajstić information content (AvgIpc) is 2.69. The summed E-state index contributed by atoms with van der Waals surface area (Å²) in [7, 11) is 0. The van der Waals surface area contributed by atoms with Crippen LogP contribution in [0.15, 0.2) is 30.3 Å². The summed E-state index contributed by atoms with van der Waals surface area (Å²) in [5, 5.41) is 0. The van der Waals surface area contributed by atoms with E-state index in [0.717, 1.165) is 52.1 Å². The standard InChI is InChI=1S/C20H31N3O2/c1-2-15-25-17-20(24)23-10-6-9-19(16-23)22-13-11-21(12-14-22)18-7-4-3-5-8-18/h3-5,7-8,19H,2,6,9-17H2,1H3/t19-/m0/s1. The number of likely N-dealkylation sites (tertiary alicyclic amines) is 1. The van der Waals surface area contributed by atoms with Crippen molar-refractivity contribution >= 4 is 11.6 Å². The van der Waals surface area contributed by atoms with E-state index in [9.17, 15) is 4.79 Å². The van der Waals surface area contributed by atoms with Gasteiger partial charge < -0.3 is 14.5 Å². The molecule has 25 heavy (non-hydrogen) atoms. The SMILES string of the molecule is CCCOCC(=O)N1CCC[C@H](N2CCN(c3ccccc3)CC2)C1. The number of piperidine rings is 1. The molecule has 5 heteroatoms. The number of rotatable bonds is 6. The summed E-state index contributed by atoms with van der Waals surface area (Å²) in [5.74, 6) is 0.154. The van der Waals surface area contributed by atoms with Gasteiger partial charge in [0, 0.05) is 57.6 Å². The van der Waals surface area contributed by atoms with E-state index in [1.54, 1.807) is 0 Å². The molecule has 1 aromatic rings. The molecule has 2 heterocycles. The molecule has 0 radical (unpaired) electrons. The smallest absolute Gasteiger partial charge is 0.248 e. The van der Waals surface area contributed by atoms with Crippen LogP contribution in [0.2, 0.25) is 0 Å². The lowest BCUT2D eigenvalue weighted by atomic mass is 10.0. The first-order valence-corrected chi connectivity index (χ1v) is 9.67. The summed E-state index contributed by atoms with van der Waals surface area (Å²) in [4.78, 5) is 19.4. The van der Waals surface area contributed by atoms with E-state index >= 15 is 0 Å². The highest BCUT2D eigenvalue weighted by molar-refractivity contribution is 5.77. The van der Waals surface area contributed by atoms with Gasteiger partial charge in [-0.25, -0.2) is 0 Å². The molecule has 2 aliphatic heterocycles. The second-order valence-electron chi connectivity index (χ2n) is 7.05. The van der Waals surface area contributed by atoms with Crippen molar-refractivity contribution in [2.45, 2.75) is 32.2 Å². The molecule has 1 aromatic carbocycles. The first-order valence-electron chi connectivity index (χ1n) is 9.67. The molecular weight excluding hydrogens is 314 g/mol. The van der Waals surface area contributed by atoms with Crippen LogP contribution in [-0.4, -0.2) is 74.2 Å². The van der Waals surface area contributed by atoms with Gasteiger partial charge in [-0.15, -0.1) is 0 Å². The van der Waals surface area contributed by atoms with Gasteiger partial charge >= 0.3 is 0 Å². The van der Waals surface area contributed by atoms with Crippen molar-refractivity contribution in [1.29, 1.82) is 0 Å². The van der Waals surface area contributed by atoms with E-state index in [1.807, 2.05) is 4.90 Å². The molecular formula is C20H31N3O2. The molecule has 1 atom stereocenters. The molecule has 0 N–H and O–H groups in total. The number of hydrogen-bond acceptors (Lipinski definition) is 4. The molecule has 138 valence electrons. The normalized spacial score (nSPS) is 22.2. The van der Waals surface area contributed by atoms with E-state index in [1.165, 1.54) is 12.1 Å². The van der Waals surface area contributed by atoms with Crippen molar-refractivity contribution < 1.29 is 9.53 Å². The number of anilines is 1. The number of carbonyl (C=O) groups is 1. The van der Waals surface area contributed by atoms with Gasteiger partial charge in [-0.05, 0) is 31.4 Å². The predicted molar refractivity (Wildman–Crippen MR) is 101 cm³/mol. The number of para-hydroxylation sites is 1. The van der Waals surface area contributed by atoms with Crippen LogP contribution >= 0.6 is 0 Å². The molecule has 0 unspecified atom stereocenters. The number of carbonyl (C=O) groups excluding carboxylic acids is 1. The molecule has 5 nitrogen and oxygen atoms in total. The highest BCUT2D eigenvalue weighted by atomic mass is 16.5. The number of hydrogen-bond donors (Lipinski definition) is 0. The minimum atomic E-state index is 0.154. The first kappa shape index (κ1) is 18.2. The molecule has 2 saturated heterocycles. The van der Waals surface area contributed by atoms with Gasteiger partial charge in [0.15, 0.2) is 0 Å². The minimum Gasteiger partial charge on any atom is -0.372 e. The van der Waals surface area contributed by atoms with Crippen LogP contribution in [0.25, 0.3) is 0 Å². The van der Waals surface area contributed by atoms with E-state index < -0.39 is 0 Å². The van der Waals surface area contributed by atoms with E-state index in [0.29, 0.717) is 12.6 Å². The van der Waals surface area contributed by atoms with Crippen molar-refractivity contribution in [3.05, 3.63) is 30.3 Å². The highest BCUT2D eigenvalue weighted by Crippen LogP contribution is 2.21. The Morgan fingerprint density at radius 3 is 2.60 bits per heavy atom. The van der Waals surface area contributed by atoms with Crippen LogP contribution in [0.4, 0.5) is 5.69 Å². The lowest BCUT2D eigenvalue weighted by Gasteiger charge is -2.44. The van der Waals surface area contributed by atoms with Crippen LogP contribution in [0.3, 0.4) is 0 Å². The fourth-order valence-electron chi connectivity index (χ4n) is 3.86. The summed E-state index contributed by atoms with van der Waals surface area (Å²) >= 11 is 0. The molecule has 0 aliphatic carbocycles. The highest BCUT2D eigenvalue weighted by Gasteiger charge is 2.29. The third-order valence-corrected chi connectivity index (χ3v) is 5.28. The summed E-state index contributed by atoms with van der Waals surface area (Å²) in [6.07, 6.45) is 3.26. The number of amides is 1. The Morgan fingerprint density at radius 1 is 1.12 bits per heavy atom. The van der Waals surface area contributed by atoms with Crippen molar-refractivity contribution in [3.63, 3.8) is 0 Å². The van der Waals surface area contributed by atoms with Crippen LogP contribution < -0.4 is 4.90 Å². The maximum Gasteiger partial charge on any atom is 0.248 e. The molecule has 2 aliphatic rings. The van der Waals surface area contributed by atoms with Crippen molar-refractivity contribution in [3.8, 4) is 0 Å². The minimum absolute atomic E-state index is 0.154. The van der Waals surface area contributed by atoms with Gasteiger partial charge in [-0.2, -0.15) is 0 Å². The van der Waals surface area contributed by atoms with E-state index in [4.69, 9.17) is 4.74 Å². The lowest BCUT2D eigenvalue weighted by molar-refractivity contribution is -0.138. The largest absolute Gasteiger partial charge is 0.372 e. The Morgan fingerprint density at radius 2 is 1.88 bits per heavy atom. The summed E-state index contributed by atoms with van der Waals surface area (Å²) in [6.45, 7) is 9.00. The summed E-state index contributed by atoms with van der Waals surface area (Å²) < 4.78 is 5.43. The van der Waals surface area contributed by atoms with E-state index in [-0.39, 0.29) is 12.5 Å². The molecule has 1 amide bonds. The maximum absolute atomic E-state index is 12.3. The number of piperazine rings is 1. The van der Waals surface area contributed by atoms with E-state index in [2.05, 4.69) is 47.1 Å². The Kier molecular flexibility index (Phi) is 6.70. The Labute approximate surface area is 151 Å². The average molecular weight is 345 g/mol. The zero-order valence-corrected chi connectivity index (χ0v) is 15.4. The van der Waals surface area contributed by atoms with Crippen molar-refractivity contribution in [1.82, 2.24) is 9.80 Å². The third-order valence-electron chi connectivity index (χ3n) is 5.28. The van der Waals surface area contributed by atoms with Crippen molar-refractivity contribution in [2.24, 2.45) is 0 Å².